The zero-order chi connectivity index (χ0) is 29.9. The lowest BCUT2D eigenvalue weighted by Gasteiger charge is -2.19. The molecule has 4 aromatic rings. The molecule has 3 fully saturated rings. The Morgan fingerprint density at radius 2 is 1.23 bits per heavy atom. The molecule has 0 spiro atoms. The maximum absolute atomic E-state index is 12.5. The normalized spacial score (nSPS) is 19.9. The van der Waals surface area contributed by atoms with E-state index in [1.807, 2.05) is 42.5 Å². The van der Waals surface area contributed by atoms with Crippen molar-refractivity contribution in [1.82, 2.24) is 5.32 Å². The summed E-state index contributed by atoms with van der Waals surface area (Å²) in [7, 11) is 0. The first-order chi connectivity index (χ1) is 21.6. The predicted octanol–water partition coefficient (Wildman–Crippen LogP) is 5.81. The van der Waals surface area contributed by atoms with Gasteiger partial charge in [-0.1, -0.05) is 37.6 Å². The van der Waals surface area contributed by atoms with Crippen molar-refractivity contribution in [2.75, 3.05) is 46.2 Å². The van der Waals surface area contributed by atoms with Gasteiger partial charge in [-0.15, -0.1) is 0 Å². The largest absolute Gasteiger partial charge is 0.491 e. The van der Waals surface area contributed by atoms with Crippen LogP contribution in [0.15, 0.2) is 60.7 Å². The van der Waals surface area contributed by atoms with Gasteiger partial charge in [-0.25, -0.2) is 4.79 Å². The Bertz CT molecular complexity index is 1640. The zero-order valence-electron chi connectivity index (χ0n) is 24.8. The van der Waals surface area contributed by atoms with Gasteiger partial charge >= 0.3 is 6.09 Å². The second kappa shape index (κ2) is 12.9. The van der Waals surface area contributed by atoms with Gasteiger partial charge in [0.05, 0.1) is 19.8 Å². The molecule has 1 amide bonds. The number of nitrogens with one attached hydrogen (secondary N) is 1. The number of rotatable bonds is 15. The molecule has 0 saturated carbocycles. The van der Waals surface area contributed by atoms with Gasteiger partial charge in [0.2, 0.25) is 0 Å². The Kier molecular flexibility index (Phi) is 8.41. The van der Waals surface area contributed by atoms with Crippen molar-refractivity contribution < 1.29 is 38.0 Å². The summed E-state index contributed by atoms with van der Waals surface area (Å²) in [6, 6.07) is 20.0. The summed E-state index contributed by atoms with van der Waals surface area (Å²) in [4.78, 5) is 12.5. The molecule has 3 aliphatic rings. The van der Waals surface area contributed by atoms with Crippen LogP contribution < -0.4 is 24.3 Å². The summed E-state index contributed by atoms with van der Waals surface area (Å²) in [6.07, 6.45) is 2.31. The summed E-state index contributed by atoms with van der Waals surface area (Å²) in [5.74, 6) is 2.78. The van der Waals surface area contributed by atoms with Crippen LogP contribution in [0.25, 0.3) is 21.5 Å². The fourth-order valence-electron chi connectivity index (χ4n) is 5.20. The van der Waals surface area contributed by atoms with E-state index in [0.717, 1.165) is 69.4 Å². The molecule has 0 aromatic heterocycles. The highest BCUT2D eigenvalue weighted by Crippen LogP contribution is 2.39. The zero-order valence-corrected chi connectivity index (χ0v) is 24.8. The number of unbranched alkanes of at least 4 members (excludes halogenated alkanes) is 1. The van der Waals surface area contributed by atoms with E-state index >= 15 is 0 Å². The van der Waals surface area contributed by atoms with Gasteiger partial charge in [0.15, 0.2) is 0 Å². The van der Waals surface area contributed by atoms with Crippen LogP contribution in [0.1, 0.15) is 30.9 Å². The molecule has 1 N–H and O–H groups in total. The van der Waals surface area contributed by atoms with Crippen molar-refractivity contribution in [3.63, 3.8) is 0 Å². The van der Waals surface area contributed by atoms with Crippen molar-refractivity contribution in [3.05, 3.63) is 71.8 Å². The minimum absolute atomic E-state index is 0.102. The van der Waals surface area contributed by atoms with Crippen LogP contribution in [-0.4, -0.2) is 70.6 Å². The fraction of sp³-hybridized carbons (Fsp3) is 0.400. The smallest absolute Gasteiger partial charge is 0.412 e. The molecule has 3 saturated heterocycles. The lowest BCUT2D eigenvalue weighted by molar-refractivity contribution is 0.200. The lowest BCUT2D eigenvalue weighted by Crippen LogP contribution is -2.27. The molecule has 230 valence electrons. The molecule has 44 heavy (non-hydrogen) atoms. The fourth-order valence-corrected chi connectivity index (χ4v) is 5.20. The van der Waals surface area contributed by atoms with E-state index in [2.05, 4.69) is 30.4 Å². The molecular weight excluding hydrogens is 562 g/mol. The Morgan fingerprint density at radius 1 is 0.727 bits per heavy atom. The third-order valence-corrected chi connectivity index (χ3v) is 7.98. The van der Waals surface area contributed by atoms with Gasteiger partial charge in [0.1, 0.15) is 61.1 Å². The van der Waals surface area contributed by atoms with Crippen LogP contribution in [0, 0.1) is 0 Å². The quantitative estimate of drug-likeness (QED) is 0.135. The van der Waals surface area contributed by atoms with E-state index in [0.29, 0.717) is 51.7 Å². The first-order valence-electron chi connectivity index (χ1n) is 15.4. The number of benzene rings is 4. The Balaban J connectivity index is 1.28. The first kappa shape index (κ1) is 28.7. The number of carbonyl (C=O) groups excluding carboxylic acids is 1. The molecule has 3 unspecified atom stereocenters. The van der Waals surface area contributed by atoms with Crippen LogP contribution in [0.4, 0.5) is 4.79 Å². The van der Waals surface area contributed by atoms with Crippen molar-refractivity contribution in [1.29, 1.82) is 0 Å². The Labute approximate surface area is 256 Å². The molecule has 3 atom stereocenters. The number of epoxide rings is 3. The summed E-state index contributed by atoms with van der Waals surface area (Å²) >= 11 is 0. The lowest BCUT2D eigenvalue weighted by atomic mass is 9.93. The minimum Gasteiger partial charge on any atom is -0.491 e. The second-order valence-electron chi connectivity index (χ2n) is 11.5. The highest BCUT2D eigenvalue weighted by atomic mass is 16.6. The second-order valence-corrected chi connectivity index (χ2v) is 11.5. The van der Waals surface area contributed by atoms with Crippen molar-refractivity contribution in [2.45, 2.75) is 44.5 Å². The molecule has 3 heterocycles. The van der Waals surface area contributed by atoms with E-state index in [4.69, 9.17) is 33.2 Å². The molecule has 0 bridgehead atoms. The van der Waals surface area contributed by atoms with Crippen LogP contribution in [0.5, 0.6) is 23.0 Å². The van der Waals surface area contributed by atoms with Crippen molar-refractivity contribution in [3.8, 4) is 23.0 Å². The number of fused-ring (bicyclic) bond motifs is 2. The third-order valence-electron chi connectivity index (χ3n) is 7.98. The molecule has 0 aliphatic carbocycles. The van der Waals surface area contributed by atoms with Crippen LogP contribution >= 0.6 is 0 Å². The monoisotopic (exact) mass is 599 g/mol. The van der Waals surface area contributed by atoms with E-state index in [-0.39, 0.29) is 18.3 Å². The van der Waals surface area contributed by atoms with Gasteiger partial charge in [-0.05, 0) is 64.4 Å². The molecule has 9 heteroatoms. The summed E-state index contributed by atoms with van der Waals surface area (Å²) in [5, 5.41) is 6.88. The van der Waals surface area contributed by atoms with Crippen molar-refractivity contribution in [2.24, 2.45) is 0 Å². The minimum atomic E-state index is -0.464. The first-order valence-corrected chi connectivity index (χ1v) is 15.4. The van der Waals surface area contributed by atoms with Gasteiger partial charge in [-0.2, -0.15) is 0 Å². The number of carbonyl (C=O) groups is 1. The summed E-state index contributed by atoms with van der Waals surface area (Å²) in [5.41, 5.74) is 1.98. The molecule has 0 radical (unpaired) electrons. The topological polar surface area (TPSA) is 104 Å². The number of amides is 1. The van der Waals surface area contributed by atoms with Gasteiger partial charge in [-0.3, -0.25) is 0 Å². The van der Waals surface area contributed by atoms with E-state index < -0.39 is 6.09 Å². The van der Waals surface area contributed by atoms with E-state index in [9.17, 15) is 4.79 Å². The standard InChI is InChI=1S/C35H37NO8/c1-2-3-12-36-35(37)44-25-9-5-23-7-11-34(43-21-28-19-41-28)32(30(23)14-25)15-31-29-13-24(38-16-26-17-39-26)8-4-22(29)6-10-33(31)42-20-27-18-40-27/h4-11,13-14,26-28H,2-3,12,15-21H2,1H3,(H,36,37). The highest BCUT2D eigenvalue weighted by molar-refractivity contribution is 5.93. The van der Waals surface area contributed by atoms with E-state index in [1.165, 1.54) is 0 Å². The number of hydrogen-bond acceptors (Lipinski definition) is 8. The van der Waals surface area contributed by atoms with Crippen LogP contribution in [0.3, 0.4) is 0 Å². The van der Waals surface area contributed by atoms with Crippen LogP contribution in [-0.2, 0) is 20.6 Å². The Hall–Kier alpha value is -4.05. The molecule has 3 aliphatic heterocycles. The SMILES string of the molecule is CCCCNC(=O)Oc1ccc2ccc(OCC3CO3)c(Cc3c(OCC4CO4)ccc4ccc(OCC5CO5)cc34)c2c1. The van der Waals surface area contributed by atoms with Crippen LogP contribution in [0.2, 0.25) is 0 Å². The molecular formula is C35H37NO8. The third kappa shape index (κ3) is 7.18. The predicted molar refractivity (Wildman–Crippen MR) is 165 cm³/mol. The van der Waals surface area contributed by atoms with Gasteiger partial charge in [0.25, 0.3) is 0 Å². The average Bonchev–Trinajstić information content (AvgIpc) is 3.88. The summed E-state index contributed by atoms with van der Waals surface area (Å²) < 4.78 is 40.6. The average molecular weight is 600 g/mol. The molecule has 4 aromatic carbocycles. The number of hydrogen-bond donors (Lipinski definition) is 1. The summed E-state index contributed by atoms with van der Waals surface area (Å²) in [6.45, 7) is 6.28. The highest BCUT2D eigenvalue weighted by Gasteiger charge is 2.27. The Morgan fingerprint density at radius 3 is 1.77 bits per heavy atom. The molecule has 7 rings (SSSR count). The maximum Gasteiger partial charge on any atom is 0.412 e. The van der Waals surface area contributed by atoms with E-state index in [1.54, 1.807) is 0 Å². The molecule has 9 nitrogen and oxygen atoms in total. The van der Waals surface area contributed by atoms with Crippen molar-refractivity contribution >= 4 is 27.6 Å². The number of ether oxygens (including phenoxy) is 7. The maximum atomic E-state index is 12.5. The van der Waals surface area contributed by atoms with Gasteiger partial charge in [0, 0.05) is 24.1 Å². The van der Waals surface area contributed by atoms with Gasteiger partial charge < -0.3 is 38.5 Å².